The lowest BCUT2D eigenvalue weighted by atomic mass is 9.90. The predicted molar refractivity (Wildman–Crippen MR) is 110 cm³/mol. The SMILES string of the molecule is Cc1[nH]c2ccccc2c1C(=O)C(c1ccccc1)N1CCC(C(N)=O)CC1. The van der Waals surface area contributed by atoms with Gasteiger partial charge in [0.2, 0.25) is 5.91 Å². The highest BCUT2D eigenvalue weighted by Crippen LogP contribution is 2.33. The van der Waals surface area contributed by atoms with Crippen molar-refractivity contribution in [2.24, 2.45) is 11.7 Å². The van der Waals surface area contributed by atoms with Crippen molar-refractivity contribution in [2.45, 2.75) is 25.8 Å². The summed E-state index contributed by atoms with van der Waals surface area (Å²) in [5.41, 5.74) is 9.09. The predicted octanol–water partition coefficient (Wildman–Crippen LogP) is 3.60. The monoisotopic (exact) mass is 375 g/mol. The van der Waals surface area contributed by atoms with Gasteiger partial charge < -0.3 is 10.7 Å². The van der Waals surface area contributed by atoms with E-state index >= 15 is 0 Å². The van der Waals surface area contributed by atoms with Crippen molar-refractivity contribution < 1.29 is 9.59 Å². The molecule has 28 heavy (non-hydrogen) atoms. The number of aromatic amines is 1. The number of hydrogen-bond donors (Lipinski definition) is 2. The van der Waals surface area contributed by atoms with Gasteiger partial charge in [-0.2, -0.15) is 0 Å². The van der Waals surface area contributed by atoms with E-state index in [4.69, 9.17) is 5.73 Å². The Kier molecular flexibility index (Phi) is 5.01. The van der Waals surface area contributed by atoms with Gasteiger partial charge in [-0.05, 0) is 44.5 Å². The standard InChI is InChI=1S/C23H25N3O2/c1-15-20(18-9-5-6-10-19(18)25-15)22(27)21(16-7-3-2-4-8-16)26-13-11-17(12-14-26)23(24)28/h2-10,17,21,25H,11-14H2,1H3,(H2,24,28). The third kappa shape index (κ3) is 3.34. The van der Waals surface area contributed by atoms with E-state index in [1.165, 1.54) is 0 Å². The zero-order chi connectivity index (χ0) is 19.7. The molecular weight excluding hydrogens is 350 g/mol. The first kappa shape index (κ1) is 18.4. The number of primary amides is 1. The van der Waals surface area contributed by atoms with E-state index < -0.39 is 0 Å². The number of para-hydroxylation sites is 1. The fraction of sp³-hybridized carbons (Fsp3) is 0.304. The Balaban J connectivity index is 1.73. The third-order valence-corrected chi connectivity index (χ3v) is 5.80. The molecule has 1 atom stereocenters. The summed E-state index contributed by atoms with van der Waals surface area (Å²) in [7, 11) is 0. The minimum absolute atomic E-state index is 0.0960. The number of nitrogens with one attached hydrogen (secondary N) is 1. The second kappa shape index (κ2) is 7.60. The summed E-state index contributed by atoms with van der Waals surface area (Å²) >= 11 is 0. The highest BCUT2D eigenvalue weighted by molar-refractivity contribution is 6.11. The molecule has 0 saturated carbocycles. The van der Waals surface area contributed by atoms with Crippen molar-refractivity contribution in [1.29, 1.82) is 0 Å². The van der Waals surface area contributed by atoms with Crippen LogP contribution in [-0.2, 0) is 4.79 Å². The second-order valence-electron chi connectivity index (χ2n) is 7.56. The van der Waals surface area contributed by atoms with Crippen molar-refractivity contribution >= 4 is 22.6 Å². The first-order chi connectivity index (χ1) is 13.6. The van der Waals surface area contributed by atoms with Gasteiger partial charge in [0.25, 0.3) is 0 Å². The summed E-state index contributed by atoms with van der Waals surface area (Å²) in [5, 5.41) is 0.956. The third-order valence-electron chi connectivity index (χ3n) is 5.80. The molecule has 1 aliphatic rings. The lowest BCUT2D eigenvalue weighted by Crippen LogP contribution is -2.43. The number of Topliss-reactive ketones (excluding diaryl/α,β-unsaturated/α-hetero) is 1. The van der Waals surface area contributed by atoms with Gasteiger partial charge in [-0.25, -0.2) is 0 Å². The van der Waals surface area contributed by atoms with Crippen molar-refractivity contribution in [1.82, 2.24) is 9.88 Å². The molecule has 5 heteroatoms. The zero-order valence-electron chi connectivity index (χ0n) is 16.0. The number of rotatable bonds is 5. The molecule has 0 bridgehead atoms. The molecule has 1 unspecified atom stereocenters. The lowest BCUT2D eigenvalue weighted by molar-refractivity contribution is -0.123. The zero-order valence-corrected chi connectivity index (χ0v) is 16.0. The molecule has 1 aliphatic heterocycles. The molecule has 0 aliphatic carbocycles. The van der Waals surface area contributed by atoms with Gasteiger partial charge in [0.1, 0.15) is 0 Å². The molecule has 144 valence electrons. The fourth-order valence-electron chi connectivity index (χ4n) is 4.34. The van der Waals surface area contributed by atoms with E-state index in [2.05, 4.69) is 9.88 Å². The van der Waals surface area contributed by atoms with E-state index in [1.807, 2.05) is 61.5 Å². The van der Waals surface area contributed by atoms with Gasteiger partial charge in [0, 0.05) is 28.1 Å². The summed E-state index contributed by atoms with van der Waals surface area (Å²) < 4.78 is 0. The van der Waals surface area contributed by atoms with E-state index in [9.17, 15) is 9.59 Å². The molecule has 1 amide bonds. The van der Waals surface area contributed by atoms with Crippen LogP contribution in [0.2, 0.25) is 0 Å². The minimum Gasteiger partial charge on any atom is -0.369 e. The average molecular weight is 375 g/mol. The van der Waals surface area contributed by atoms with Crippen molar-refractivity contribution in [3.63, 3.8) is 0 Å². The number of likely N-dealkylation sites (tertiary alicyclic amines) is 1. The van der Waals surface area contributed by atoms with Crippen LogP contribution < -0.4 is 5.73 Å². The van der Waals surface area contributed by atoms with Gasteiger partial charge in [-0.1, -0.05) is 48.5 Å². The molecule has 1 saturated heterocycles. The molecule has 3 aromatic rings. The molecule has 3 N–H and O–H groups in total. The number of piperidine rings is 1. The Morgan fingerprint density at radius 2 is 1.68 bits per heavy atom. The number of amides is 1. The Hall–Kier alpha value is -2.92. The number of carbonyl (C=O) groups is 2. The first-order valence-electron chi connectivity index (χ1n) is 9.76. The fourth-order valence-corrected chi connectivity index (χ4v) is 4.34. The maximum absolute atomic E-state index is 13.8. The molecule has 4 rings (SSSR count). The van der Waals surface area contributed by atoms with Crippen molar-refractivity contribution in [3.05, 3.63) is 71.4 Å². The quantitative estimate of drug-likeness (QED) is 0.669. The highest BCUT2D eigenvalue weighted by atomic mass is 16.1. The van der Waals surface area contributed by atoms with Crippen LogP contribution in [0.3, 0.4) is 0 Å². The number of carbonyl (C=O) groups excluding carboxylic acids is 2. The van der Waals surface area contributed by atoms with Crippen molar-refractivity contribution in [3.8, 4) is 0 Å². The largest absolute Gasteiger partial charge is 0.369 e. The maximum atomic E-state index is 13.8. The van der Waals surface area contributed by atoms with Gasteiger partial charge in [-0.3, -0.25) is 14.5 Å². The van der Waals surface area contributed by atoms with Crippen LogP contribution in [0.5, 0.6) is 0 Å². The van der Waals surface area contributed by atoms with Crippen LogP contribution in [0.25, 0.3) is 10.9 Å². The smallest absolute Gasteiger partial charge is 0.220 e. The van der Waals surface area contributed by atoms with Crippen LogP contribution in [-0.4, -0.2) is 34.7 Å². The van der Waals surface area contributed by atoms with Crippen LogP contribution >= 0.6 is 0 Å². The number of nitrogens with zero attached hydrogens (tertiary/aromatic N) is 1. The van der Waals surface area contributed by atoms with Crippen LogP contribution in [0.4, 0.5) is 0 Å². The lowest BCUT2D eigenvalue weighted by Gasteiger charge is -2.36. The molecule has 5 nitrogen and oxygen atoms in total. The van der Waals surface area contributed by atoms with Crippen LogP contribution in [0, 0.1) is 12.8 Å². The normalized spacial score (nSPS) is 16.9. The molecule has 2 aromatic carbocycles. The number of H-pyrrole nitrogens is 1. The summed E-state index contributed by atoms with van der Waals surface area (Å²) in [4.78, 5) is 30.9. The Morgan fingerprint density at radius 3 is 2.36 bits per heavy atom. The molecule has 0 spiro atoms. The number of nitrogens with two attached hydrogens (primary N) is 1. The van der Waals surface area contributed by atoms with Gasteiger partial charge in [0.05, 0.1) is 6.04 Å². The van der Waals surface area contributed by atoms with E-state index in [0.29, 0.717) is 25.9 Å². The molecule has 0 radical (unpaired) electrons. The molecular formula is C23H25N3O2. The maximum Gasteiger partial charge on any atom is 0.220 e. The van der Waals surface area contributed by atoms with Crippen LogP contribution in [0.15, 0.2) is 54.6 Å². The molecule has 1 aromatic heterocycles. The Bertz CT molecular complexity index is 1000. The van der Waals surface area contributed by atoms with Gasteiger partial charge >= 0.3 is 0 Å². The van der Waals surface area contributed by atoms with Gasteiger partial charge in [-0.15, -0.1) is 0 Å². The summed E-state index contributed by atoms with van der Waals surface area (Å²) in [6, 6.07) is 17.5. The average Bonchev–Trinajstić information content (AvgIpc) is 3.05. The number of aryl methyl sites for hydroxylation is 1. The minimum atomic E-state index is -0.368. The van der Waals surface area contributed by atoms with Crippen LogP contribution in [0.1, 0.15) is 40.5 Å². The van der Waals surface area contributed by atoms with E-state index in [-0.39, 0.29) is 23.7 Å². The van der Waals surface area contributed by atoms with Crippen molar-refractivity contribution in [2.75, 3.05) is 13.1 Å². The second-order valence-corrected chi connectivity index (χ2v) is 7.56. The van der Waals surface area contributed by atoms with E-state index in [1.54, 1.807) is 0 Å². The summed E-state index contributed by atoms with van der Waals surface area (Å²) in [5.74, 6) is -0.244. The number of ketones is 1. The number of benzene rings is 2. The number of fused-ring (bicyclic) bond motifs is 1. The van der Waals surface area contributed by atoms with E-state index in [0.717, 1.165) is 27.7 Å². The number of aromatic nitrogens is 1. The Labute approximate surface area is 164 Å². The molecule has 2 heterocycles. The topological polar surface area (TPSA) is 79.2 Å². The Morgan fingerprint density at radius 1 is 1.04 bits per heavy atom. The first-order valence-corrected chi connectivity index (χ1v) is 9.76. The summed E-state index contributed by atoms with van der Waals surface area (Å²) in [6.07, 6.45) is 1.39. The molecule has 1 fully saturated rings. The van der Waals surface area contributed by atoms with Gasteiger partial charge in [0.15, 0.2) is 5.78 Å². The summed E-state index contributed by atoms with van der Waals surface area (Å²) in [6.45, 7) is 3.31. The highest BCUT2D eigenvalue weighted by Gasteiger charge is 2.34. The number of hydrogen-bond acceptors (Lipinski definition) is 3.